The number of ether oxygens (including phenoxy) is 1. The Balaban J connectivity index is 0. The molecule has 0 aliphatic rings. The van der Waals surface area contributed by atoms with Crippen molar-refractivity contribution in [1.82, 2.24) is 0 Å². The van der Waals surface area contributed by atoms with E-state index in [9.17, 15) is 4.79 Å². The molecule has 3 nitrogen and oxygen atoms in total. The highest BCUT2D eigenvalue weighted by Gasteiger charge is 2.06. The lowest BCUT2D eigenvalue weighted by molar-refractivity contribution is -0.104. The second-order valence-electron chi connectivity index (χ2n) is 5.77. The molecular formula is C19H35NO2. The Bertz CT molecular complexity index is 341. The molecule has 0 aliphatic carbocycles. The fourth-order valence-corrected chi connectivity index (χ4v) is 1.72. The van der Waals surface area contributed by atoms with E-state index in [2.05, 4.69) is 13.8 Å². The minimum atomic E-state index is 0.0508. The topological polar surface area (TPSA) is 52.3 Å². The first kappa shape index (κ1) is 23.1. The summed E-state index contributed by atoms with van der Waals surface area (Å²) in [5, 5.41) is 0. The van der Waals surface area contributed by atoms with E-state index in [4.69, 9.17) is 10.5 Å². The smallest absolute Gasteiger partial charge is 0.142 e. The van der Waals surface area contributed by atoms with Crippen molar-refractivity contribution in [3.63, 3.8) is 0 Å². The summed E-state index contributed by atoms with van der Waals surface area (Å²) in [6, 6.07) is 0.0508. The van der Waals surface area contributed by atoms with Gasteiger partial charge in [-0.1, -0.05) is 38.2 Å². The van der Waals surface area contributed by atoms with Crippen molar-refractivity contribution < 1.29 is 9.53 Å². The maximum absolute atomic E-state index is 10.2. The van der Waals surface area contributed by atoms with Crippen molar-refractivity contribution in [2.45, 2.75) is 66.5 Å². The van der Waals surface area contributed by atoms with Crippen LogP contribution in [0.2, 0.25) is 0 Å². The van der Waals surface area contributed by atoms with Crippen molar-refractivity contribution >= 4 is 6.29 Å². The van der Waals surface area contributed by atoms with Gasteiger partial charge in [-0.05, 0) is 58.1 Å². The molecule has 0 aromatic carbocycles. The predicted molar refractivity (Wildman–Crippen MR) is 96.9 cm³/mol. The highest BCUT2D eigenvalue weighted by atomic mass is 16.5. The Kier molecular flexibility index (Phi) is 17.0. The second kappa shape index (κ2) is 16.2. The lowest BCUT2D eigenvalue weighted by atomic mass is 9.97. The Morgan fingerprint density at radius 2 is 1.77 bits per heavy atom. The molecule has 0 aromatic rings. The molecule has 0 fully saturated rings. The Labute approximate surface area is 137 Å². The minimum Gasteiger partial charge on any atom is -0.379 e. The summed E-state index contributed by atoms with van der Waals surface area (Å²) in [4.78, 5) is 10.2. The molecule has 0 bridgehead atoms. The number of allylic oxidation sites excluding steroid dienone is 4. The van der Waals surface area contributed by atoms with E-state index in [1.54, 1.807) is 6.08 Å². The van der Waals surface area contributed by atoms with Crippen LogP contribution in [0.3, 0.4) is 0 Å². The number of rotatable bonds is 9. The van der Waals surface area contributed by atoms with Crippen molar-refractivity contribution in [3.05, 3.63) is 36.0 Å². The van der Waals surface area contributed by atoms with Gasteiger partial charge in [-0.15, -0.1) is 0 Å². The van der Waals surface area contributed by atoms with Crippen molar-refractivity contribution in [1.29, 1.82) is 0 Å². The lowest BCUT2D eigenvalue weighted by Gasteiger charge is -2.14. The SMILES string of the molecule is CCOC(C)C.C\C=C/C(=C\C=C\C=O)C(N)CCC(C)C. The first-order valence-corrected chi connectivity index (χ1v) is 8.20. The van der Waals surface area contributed by atoms with E-state index in [-0.39, 0.29) is 6.04 Å². The van der Waals surface area contributed by atoms with Gasteiger partial charge in [0.05, 0.1) is 6.10 Å². The van der Waals surface area contributed by atoms with Gasteiger partial charge in [-0.3, -0.25) is 4.79 Å². The fraction of sp³-hybridized carbons (Fsp3) is 0.632. The first-order valence-electron chi connectivity index (χ1n) is 8.20. The van der Waals surface area contributed by atoms with E-state index in [1.165, 1.54) is 6.08 Å². The molecule has 128 valence electrons. The van der Waals surface area contributed by atoms with Crippen molar-refractivity contribution in [3.8, 4) is 0 Å². The molecule has 0 aliphatic heterocycles. The molecule has 0 radical (unpaired) electrons. The molecule has 22 heavy (non-hydrogen) atoms. The summed E-state index contributed by atoms with van der Waals surface area (Å²) >= 11 is 0. The summed E-state index contributed by atoms with van der Waals surface area (Å²) in [6.45, 7) is 13.2. The number of carbonyl (C=O) groups is 1. The average Bonchev–Trinajstić information content (AvgIpc) is 2.44. The molecule has 0 saturated heterocycles. The normalized spacial score (nSPS) is 13.8. The van der Waals surface area contributed by atoms with Crippen LogP contribution >= 0.6 is 0 Å². The predicted octanol–water partition coefficient (Wildman–Crippen LogP) is 4.44. The average molecular weight is 309 g/mol. The molecule has 0 spiro atoms. The van der Waals surface area contributed by atoms with Crippen LogP contribution in [0.1, 0.15) is 54.4 Å². The third-order valence-corrected chi connectivity index (χ3v) is 2.82. The Morgan fingerprint density at radius 1 is 1.14 bits per heavy atom. The molecule has 0 heterocycles. The molecule has 1 atom stereocenters. The van der Waals surface area contributed by atoms with E-state index in [0.717, 1.165) is 31.3 Å². The summed E-state index contributed by atoms with van der Waals surface area (Å²) < 4.78 is 5.04. The number of hydrogen-bond donors (Lipinski definition) is 1. The zero-order valence-electron chi connectivity index (χ0n) is 15.2. The molecule has 2 N–H and O–H groups in total. The van der Waals surface area contributed by atoms with Crippen LogP contribution in [-0.4, -0.2) is 25.0 Å². The molecule has 0 saturated carbocycles. The van der Waals surface area contributed by atoms with Gasteiger partial charge in [0.25, 0.3) is 0 Å². The van der Waals surface area contributed by atoms with E-state index < -0.39 is 0 Å². The van der Waals surface area contributed by atoms with E-state index in [1.807, 2.05) is 45.9 Å². The third-order valence-electron chi connectivity index (χ3n) is 2.82. The monoisotopic (exact) mass is 309 g/mol. The Morgan fingerprint density at radius 3 is 2.14 bits per heavy atom. The molecule has 0 amide bonds. The maximum Gasteiger partial charge on any atom is 0.142 e. The van der Waals surface area contributed by atoms with Crippen LogP contribution in [0.4, 0.5) is 0 Å². The van der Waals surface area contributed by atoms with Gasteiger partial charge in [0.2, 0.25) is 0 Å². The van der Waals surface area contributed by atoms with E-state index in [0.29, 0.717) is 12.0 Å². The van der Waals surface area contributed by atoms with Crippen LogP contribution in [-0.2, 0) is 9.53 Å². The first-order chi connectivity index (χ1) is 10.4. The van der Waals surface area contributed by atoms with Crippen LogP contribution < -0.4 is 5.73 Å². The third kappa shape index (κ3) is 16.9. The Hall–Kier alpha value is -1.19. The van der Waals surface area contributed by atoms with E-state index >= 15 is 0 Å². The summed E-state index contributed by atoms with van der Waals surface area (Å²) in [5.41, 5.74) is 7.16. The van der Waals surface area contributed by atoms with Gasteiger partial charge >= 0.3 is 0 Å². The summed E-state index contributed by atoms with van der Waals surface area (Å²) in [7, 11) is 0. The zero-order valence-corrected chi connectivity index (χ0v) is 15.2. The quantitative estimate of drug-likeness (QED) is 0.389. The molecule has 0 aromatic heterocycles. The minimum absolute atomic E-state index is 0.0508. The van der Waals surface area contributed by atoms with Gasteiger partial charge in [0, 0.05) is 12.6 Å². The number of nitrogens with two attached hydrogens (primary N) is 1. The van der Waals surface area contributed by atoms with Gasteiger partial charge in [0.1, 0.15) is 6.29 Å². The van der Waals surface area contributed by atoms with Gasteiger partial charge in [0.15, 0.2) is 0 Å². The molecule has 0 rings (SSSR count). The van der Waals surface area contributed by atoms with Crippen LogP contribution in [0.25, 0.3) is 0 Å². The van der Waals surface area contributed by atoms with Gasteiger partial charge in [-0.25, -0.2) is 0 Å². The second-order valence-corrected chi connectivity index (χ2v) is 5.77. The maximum atomic E-state index is 10.2. The molecule has 1 unspecified atom stereocenters. The highest BCUT2D eigenvalue weighted by Crippen LogP contribution is 2.12. The highest BCUT2D eigenvalue weighted by molar-refractivity contribution is 5.65. The largest absolute Gasteiger partial charge is 0.379 e. The zero-order chi connectivity index (χ0) is 17.4. The number of carbonyl (C=O) groups excluding carboxylic acids is 1. The van der Waals surface area contributed by atoms with Crippen molar-refractivity contribution in [2.75, 3.05) is 6.61 Å². The van der Waals surface area contributed by atoms with Gasteiger partial charge < -0.3 is 10.5 Å². The molecule has 3 heteroatoms. The van der Waals surface area contributed by atoms with Gasteiger partial charge in [-0.2, -0.15) is 0 Å². The molecular weight excluding hydrogens is 274 g/mol. The lowest BCUT2D eigenvalue weighted by Crippen LogP contribution is -2.22. The number of aldehydes is 1. The van der Waals surface area contributed by atoms with Crippen molar-refractivity contribution in [2.24, 2.45) is 11.7 Å². The summed E-state index contributed by atoms with van der Waals surface area (Å²) in [5.74, 6) is 0.670. The fourth-order valence-electron chi connectivity index (χ4n) is 1.72. The standard InChI is InChI=1S/C14H23NO.C5H12O/c1-4-7-13(8-5-6-11-16)14(15)10-9-12(2)3;1-4-6-5(2)3/h4-8,11-12,14H,9-10,15H2,1-3H3;5H,4H2,1-3H3/b6-5+,7-4-,13-8+;. The number of hydrogen-bond acceptors (Lipinski definition) is 3. The van der Waals surface area contributed by atoms with Crippen LogP contribution in [0.15, 0.2) is 36.0 Å². The van der Waals surface area contributed by atoms with Crippen LogP contribution in [0.5, 0.6) is 0 Å². The summed E-state index contributed by atoms with van der Waals surface area (Å²) in [6.07, 6.45) is 12.3. The van der Waals surface area contributed by atoms with Crippen LogP contribution in [0, 0.1) is 5.92 Å².